The summed E-state index contributed by atoms with van der Waals surface area (Å²) < 4.78 is 11.2. The third-order valence-electron chi connectivity index (χ3n) is 5.83. The number of hydrogen-bond donors (Lipinski definition) is 2. The second-order valence-corrected chi connectivity index (χ2v) is 8.96. The van der Waals surface area contributed by atoms with Gasteiger partial charge in [-0.2, -0.15) is 0 Å². The Balaban J connectivity index is 0.000000291. The highest BCUT2D eigenvalue weighted by molar-refractivity contribution is 7.18. The quantitative estimate of drug-likeness (QED) is 0.724. The number of nitrogens with one attached hydrogen (secondary N) is 1. The van der Waals surface area contributed by atoms with Gasteiger partial charge in [-0.3, -0.25) is 4.79 Å². The van der Waals surface area contributed by atoms with E-state index in [9.17, 15) is 9.90 Å². The zero-order valence-electron chi connectivity index (χ0n) is 18.7. The topological polar surface area (TPSA) is 93.6 Å². The van der Waals surface area contributed by atoms with Crippen LogP contribution in [0.4, 0.5) is 0 Å². The highest BCUT2D eigenvalue weighted by atomic mass is 32.1. The fourth-order valence-corrected chi connectivity index (χ4v) is 5.41. The van der Waals surface area contributed by atoms with Crippen LogP contribution in [0.3, 0.4) is 0 Å². The molecular weight excluding hydrogens is 414 g/mol. The van der Waals surface area contributed by atoms with E-state index in [4.69, 9.17) is 9.47 Å². The van der Waals surface area contributed by atoms with Crippen molar-refractivity contribution < 1.29 is 19.4 Å². The molecule has 172 valence electrons. The summed E-state index contributed by atoms with van der Waals surface area (Å²) in [5.74, 6) is -0.352. The van der Waals surface area contributed by atoms with Crippen LogP contribution in [0, 0.1) is 5.92 Å². The van der Waals surface area contributed by atoms with Crippen LogP contribution in [0.1, 0.15) is 62.8 Å². The van der Waals surface area contributed by atoms with Crippen molar-refractivity contribution in [1.29, 1.82) is 0 Å². The zero-order chi connectivity index (χ0) is 22.1. The molecular formula is C23H35N3O4S. The second-order valence-electron chi connectivity index (χ2n) is 7.88. The molecule has 0 aromatic carbocycles. The van der Waals surface area contributed by atoms with Gasteiger partial charge in [0.15, 0.2) is 0 Å². The fraction of sp³-hybridized carbons (Fsp3) is 0.696. The van der Waals surface area contributed by atoms with Crippen molar-refractivity contribution in [3.63, 3.8) is 0 Å². The van der Waals surface area contributed by atoms with E-state index in [0.717, 1.165) is 61.3 Å². The number of aryl methyl sites for hydroxylation is 1. The number of thiophene rings is 1. The maximum atomic E-state index is 11.4. The standard InChI is InChI=1S/C17H20N2O3S.C4H9NO.C2H6/c20-17(21)10-6-7-13-12(8-10)14-15(18-9-19-16(14)23-13)22-11-4-2-1-3-5-11;1-3-6-4-2-5-1;1-2/h9-11H,1-8H2,(H,20,21);5H,1-4H2;1-2H3. The van der Waals surface area contributed by atoms with Crippen molar-refractivity contribution >= 4 is 27.5 Å². The van der Waals surface area contributed by atoms with Gasteiger partial charge in [0.05, 0.1) is 24.5 Å². The average molecular weight is 450 g/mol. The SMILES string of the molecule is C1COCCN1.CC.O=C(O)C1CCc2sc3ncnc(OC4CCCCC4)c3c2C1. The lowest BCUT2D eigenvalue weighted by Gasteiger charge is -2.23. The lowest BCUT2D eigenvalue weighted by molar-refractivity contribution is -0.142. The number of nitrogens with zero attached hydrogens (tertiary/aromatic N) is 2. The third kappa shape index (κ3) is 6.37. The number of carboxylic acid groups (broad SMARTS) is 1. The van der Waals surface area contributed by atoms with Crippen LogP contribution in [0.2, 0.25) is 0 Å². The normalized spacial score (nSPS) is 21.2. The number of carboxylic acids is 1. The summed E-state index contributed by atoms with van der Waals surface area (Å²) in [6.45, 7) is 7.83. The van der Waals surface area contributed by atoms with E-state index in [2.05, 4.69) is 15.3 Å². The van der Waals surface area contributed by atoms with Gasteiger partial charge in [-0.1, -0.05) is 20.3 Å². The number of aliphatic carboxylic acids is 1. The molecule has 0 bridgehead atoms. The minimum absolute atomic E-state index is 0.233. The van der Waals surface area contributed by atoms with E-state index in [1.54, 1.807) is 17.7 Å². The molecule has 2 aromatic rings. The molecule has 1 saturated heterocycles. The molecule has 31 heavy (non-hydrogen) atoms. The van der Waals surface area contributed by atoms with Crippen molar-refractivity contribution in [3.8, 4) is 5.88 Å². The Labute approximate surface area is 188 Å². The predicted octanol–water partition coefficient (Wildman–Crippen LogP) is 4.22. The maximum absolute atomic E-state index is 11.4. The Kier molecular flexibility index (Phi) is 9.49. The van der Waals surface area contributed by atoms with Crippen LogP contribution in [-0.4, -0.2) is 53.5 Å². The number of morpholine rings is 1. The van der Waals surface area contributed by atoms with Crippen LogP contribution in [0.25, 0.3) is 10.2 Å². The van der Waals surface area contributed by atoms with Crippen molar-refractivity contribution in [1.82, 2.24) is 15.3 Å². The molecule has 1 atom stereocenters. The van der Waals surface area contributed by atoms with E-state index in [1.165, 1.54) is 24.1 Å². The van der Waals surface area contributed by atoms with Gasteiger partial charge < -0.3 is 19.9 Å². The molecule has 3 heterocycles. The van der Waals surface area contributed by atoms with Gasteiger partial charge in [-0.05, 0) is 50.5 Å². The Hall–Kier alpha value is -1.77. The summed E-state index contributed by atoms with van der Waals surface area (Å²) in [7, 11) is 0. The highest BCUT2D eigenvalue weighted by Crippen LogP contribution is 2.41. The Morgan fingerprint density at radius 3 is 2.52 bits per heavy atom. The van der Waals surface area contributed by atoms with Gasteiger partial charge in [0.1, 0.15) is 17.3 Å². The molecule has 1 aliphatic heterocycles. The number of carbonyl (C=O) groups is 1. The van der Waals surface area contributed by atoms with Crippen molar-refractivity contribution in [2.24, 2.45) is 5.92 Å². The minimum Gasteiger partial charge on any atom is -0.481 e. The van der Waals surface area contributed by atoms with Crippen molar-refractivity contribution in [3.05, 3.63) is 16.8 Å². The molecule has 2 aromatic heterocycles. The monoisotopic (exact) mass is 449 g/mol. The van der Waals surface area contributed by atoms with Crippen LogP contribution in [0.5, 0.6) is 5.88 Å². The van der Waals surface area contributed by atoms with E-state index in [0.29, 0.717) is 18.7 Å². The summed E-state index contributed by atoms with van der Waals surface area (Å²) in [6.07, 6.45) is 9.76. The van der Waals surface area contributed by atoms with Crippen molar-refractivity contribution in [2.75, 3.05) is 26.3 Å². The number of fused-ring (bicyclic) bond motifs is 3. The van der Waals surface area contributed by atoms with Crippen LogP contribution in [0.15, 0.2) is 6.33 Å². The van der Waals surface area contributed by atoms with E-state index in [1.807, 2.05) is 13.8 Å². The molecule has 8 heteroatoms. The van der Waals surface area contributed by atoms with Crippen LogP contribution in [-0.2, 0) is 22.4 Å². The number of aromatic nitrogens is 2. The van der Waals surface area contributed by atoms with Gasteiger partial charge >= 0.3 is 5.97 Å². The molecule has 7 nitrogen and oxygen atoms in total. The molecule has 0 amide bonds. The first kappa shape index (κ1) is 23.9. The van der Waals surface area contributed by atoms with Gasteiger partial charge in [0.2, 0.25) is 5.88 Å². The van der Waals surface area contributed by atoms with E-state index >= 15 is 0 Å². The first-order chi connectivity index (χ1) is 15.2. The molecule has 3 aliphatic rings. The molecule has 0 radical (unpaired) electrons. The molecule has 2 N–H and O–H groups in total. The summed E-state index contributed by atoms with van der Waals surface area (Å²) in [5.41, 5.74) is 1.11. The molecule has 5 rings (SSSR count). The summed E-state index contributed by atoms with van der Waals surface area (Å²) >= 11 is 1.67. The largest absolute Gasteiger partial charge is 0.481 e. The second kappa shape index (κ2) is 12.3. The third-order valence-corrected chi connectivity index (χ3v) is 7.03. The molecule has 2 fully saturated rings. The summed E-state index contributed by atoms with van der Waals surface area (Å²) in [5, 5.41) is 13.5. The van der Waals surface area contributed by atoms with Gasteiger partial charge in [-0.25, -0.2) is 9.97 Å². The Morgan fingerprint density at radius 1 is 1.16 bits per heavy atom. The number of hydrogen-bond acceptors (Lipinski definition) is 7. The van der Waals surface area contributed by atoms with Gasteiger partial charge in [0.25, 0.3) is 0 Å². The lowest BCUT2D eigenvalue weighted by atomic mass is 9.87. The zero-order valence-corrected chi connectivity index (χ0v) is 19.5. The predicted molar refractivity (Wildman–Crippen MR) is 123 cm³/mol. The Bertz CT molecular complexity index is 820. The lowest BCUT2D eigenvalue weighted by Crippen LogP contribution is -2.30. The molecule has 1 unspecified atom stereocenters. The summed E-state index contributed by atoms with van der Waals surface area (Å²) in [6, 6.07) is 0. The smallest absolute Gasteiger partial charge is 0.306 e. The first-order valence-corrected chi connectivity index (χ1v) is 12.5. The van der Waals surface area contributed by atoms with Crippen molar-refractivity contribution in [2.45, 2.75) is 71.3 Å². The molecule has 0 spiro atoms. The van der Waals surface area contributed by atoms with Crippen LogP contribution >= 0.6 is 11.3 Å². The highest BCUT2D eigenvalue weighted by Gasteiger charge is 2.30. The number of rotatable bonds is 3. The fourth-order valence-electron chi connectivity index (χ4n) is 4.24. The molecule has 1 saturated carbocycles. The molecule has 2 aliphatic carbocycles. The maximum Gasteiger partial charge on any atom is 0.306 e. The number of ether oxygens (including phenoxy) is 2. The first-order valence-electron chi connectivity index (χ1n) is 11.7. The average Bonchev–Trinajstić information content (AvgIpc) is 3.21. The van der Waals surface area contributed by atoms with Gasteiger partial charge in [-0.15, -0.1) is 11.3 Å². The minimum atomic E-state index is -0.707. The van der Waals surface area contributed by atoms with Gasteiger partial charge in [0, 0.05) is 18.0 Å². The van der Waals surface area contributed by atoms with E-state index < -0.39 is 5.97 Å². The van der Waals surface area contributed by atoms with Crippen LogP contribution < -0.4 is 10.1 Å². The van der Waals surface area contributed by atoms with E-state index in [-0.39, 0.29) is 12.0 Å². The summed E-state index contributed by atoms with van der Waals surface area (Å²) in [4.78, 5) is 22.3. The Morgan fingerprint density at radius 2 is 1.90 bits per heavy atom.